The molecule has 2 aromatic rings. The Morgan fingerprint density at radius 3 is 2.50 bits per heavy atom. The molecule has 1 saturated heterocycles. The third-order valence-electron chi connectivity index (χ3n) is 4.96. The van der Waals surface area contributed by atoms with Gasteiger partial charge in [-0.25, -0.2) is 4.98 Å². The first-order valence-corrected chi connectivity index (χ1v) is 9.13. The van der Waals surface area contributed by atoms with Crippen LogP contribution in [0.4, 0.5) is 11.5 Å². The van der Waals surface area contributed by atoms with E-state index in [0.717, 1.165) is 5.56 Å². The van der Waals surface area contributed by atoms with Gasteiger partial charge in [-0.1, -0.05) is 0 Å². The third kappa shape index (κ3) is 4.33. The Hall–Kier alpha value is -3.29. The van der Waals surface area contributed by atoms with Crippen LogP contribution in [0.2, 0.25) is 0 Å². The lowest BCUT2D eigenvalue weighted by atomic mass is 9.95. The summed E-state index contributed by atoms with van der Waals surface area (Å²) in [6, 6.07) is 8.06. The fraction of sp³-hybridized carbons (Fsp3) is 0.350. The van der Waals surface area contributed by atoms with E-state index in [4.69, 9.17) is 0 Å². The molecule has 0 aliphatic carbocycles. The first-order valence-electron chi connectivity index (χ1n) is 9.13. The Labute approximate surface area is 162 Å². The van der Waals surface area contributed by atoms with Gasteiger partial charge in [0.15, 0.2) is 0 Å². The van der Waals surface area contributed by atoms with Gasteiger partial charge in [0.2, 0.25) is 5.91 Å². The number of nitro groups is 1. The molecule has 8 heteroatoms. The summed E-state index contributed by atoms with van der Waals surface area (Å²) in [6.07, 6.45) is 2.78. The number of hydrogen-bond acceptors (Lipinski definition) is 5. The Kier molecular flexibility index (Phi) is 5.67. The van der Waals surface area contributed by atoms with Crippen molar-refractivity contribution in [2.45, 2.75) is 26.7 Å². The van der Waals surface area contributed by atoms with Gasteiger partial charge in [0.1, 0.15) is 5.82 Å². The highest BCUT2D eigenvalue weighted by atomic mass is 16.6. The summed E-state index contributed by atoms with van der Waals surface area (Å²) in [5.41, 5.74) is 1.89. The number of rotatable bonds is 4. The standard InChI is InChI=1S/C20H22N4O4/c1-13-5-8-21-18(11-13)22-19(25)15-6-9-23(10-7-15)20(26)16-3-4-17(24(27)28)14(2)12-16/h3-5,8,11-12,15H,6-7,9-10H2,1-2H3,(H,21,22,25). The lowest BCUT2D eigenvalue weighted by molar-refractivity contribution is -0.385. The van der Waals surface area contributed by atoms with Crippen molar-refractivity contribution in [1.82, 2.24) is 9.88 Å². The zero-order chi connectivity index (χ0) is 20.3. The maximum absolute atomic E-state index is 12.7. The molecule has 1 aromatic heterocycles. The molecule has 1 N–H and O–H groups in total. The maximum atomic E-state index is 12.7. The number of aryl methyl sites for hydroxylation is 2. The Morgan fingerprint density at radius 2 is 1.89 bits per heavy atom. The number of benzene rings is 1. The molecule has 0 bridgehead atoms. The van der Waals surface area contributed by atoms with Gasteiger partial charge in [0.25, 0.3) is 11.6 Å². The van der Waals surface area contributed by atoms with Crippen molar-refractivity contribution in [2.75, 3.05) is 18.4 Å². The summed E-state index contributed by atoms with van der Waals surface area (Å²) in [5.74, 6) is 0.100. The topological polar surface area (TPSA) is 105 Å². The minimum atomic E-state index is -0.462. The van der Waals surface area contributed by atoms with Gasteiger partial charge in [-0.15, -0.1) is 0 Å². The highest BCUT2D eigenvalue weighted by Crippen LogP contribution is 2.23. The van der Waals surface area contributed by atoms with Crippen molar-refractivity contribution >= 4 is 23.3 Å². The normalized spacial score (nSPS) is 14.6. The molecule has 2 heterocycles. The number of nitro benzene ring substituents is 1. The molecule has 0 radical (unpaired) electrons. The molecule has 0 unspecified atom stereocenters. The van der Waals surface area contributed by atoms with Gasteiger partial charge in [-0.3, -0.25) is 19.7 Å². The Bertz CT molecular complexity index is 920. The van der Waals surface area contributed by atoms with Crippen LogP contribution in [-0.2, 0) is 4.79 Å². The predicted molar refractivity (Wildman–Crippen MR) is 104 cm³/mol. The molecule has 2 amide bonds. The highest BCUT2D eigenvalue weighted by Gasteiger charge is 2.28. The molecular weight excluding hydrogens is 360 g/mol. The number of amides is 2. The van der Waals surface area contributed by atoms with Crippen LogP contribution in [0.1, 0.15) is 34.3 Å². The Balaban J connectivity index is 1.58. The molecule has 8 nitrogen and oxygen atoms in total. The third-order valence-corrected chi connectivity index (χ3v) is 4.96. The van der Waals surface area contributed by atoms with E-state index >= 15 is 0 Å². The highest BCUT2D eigenvalue weighted by molar-refractivity contribution is 5.95. The number of anilines is 1. The largest absolute Gasteiger partial charge is 0.339 e. The van der Waals surface area contributed by atoms with E-state index in [1.54, 1.807) is 24.1 Å². The summed E-state index contributed by atoms with van der Waals surface area (Å²) in [5, 5.41) is 13.8. The minimum absolute atomic E-state index is 0.00307. The molecule has 28 heavy (non-hydrogen) atoms. The molecule has 146 valence electrons. The summed E-state index contributed by atoms with van der Waals surface area (Å²) in [4.78, 5) is 41.4. The van der Waals surface area contributed by atoms with E-state index in [-0.39, 0.29) is 23.4 Å². The van der Waals surface area contributed by atoms with Gasteiger partial charge in [-0.2, -0.15) is 0 Å². The summed E-state index contributed by atoms with van der Waals surface area (Å²) in [7, 11) is 0. The lowest BCUT2D eigenvalue weighted by Crippen LogP contribution is -2.41. The molecule has 0 spiro atoms. The zero-order valence-electron chi connectivity index (χ0n) is 15.8. The number of carbonyl (C=O) groups is 2. The van der Waals surface area contributed by atoms with Crippen molar-refractivity contribution in [2.24, 2.45) is 5.92 Å². The van der Waals surface area contributed by atoms with Gasteiger partial charge in [0, 0.05) is 42.4 Å². The van der Waals surface area contributed by atoms with E-state index in [9.17, 15) is 19.7 Å². The van der Waals surface area contributed by atoms with Gasteiger partial charge in [-0.05, 0) is 56.5 Å². The predicted octanol–water partition coefficient (Wildman–Crippen LogP) is 3.10. The lowest BCUT2D eigenvalue weighted by Gasteiger charge is -2.31. The fourth-order valence-corrected chi connectivity index (χ4v) is 3.35. The van der Waals surface area contributed by atoms with Crippen molar-refractivity contribution in [3.05, 3.63) is 63.3 Å². The van der Waals surface area contributed by atoms with Crippen LogP contribution in [0.3, 0.4) is 0 Å². The number of pyridine rings is 1. The number of nitrogens with zero attached hydrogens (tertiary/aromatic N) is 3. The van der Waals surface area contributed by atoms with Crippen LogP contribution in [0.5, 0.6) is 0 Å². The summed E-state index contributed by atoms with van der Waals surface area (Å²) < 4.78 is 0. The second kappa shape index (κ2) is 8.16. The number of nitrogens with one attached hydrogen (secondary N) is 1. The average Bonchev–Trinajstić information content (AvgIpc) is 2.67. The van der Waals surface area contributed by atoms with Crippen molar-refractivity contribution in [1.29, 1.82) is 0 Å². The Morgan fingerprint density at radius 1 is 1.18 bits per heavy atom. The van der Waals surface area contributed by atoms with Crippen LogP contribution in [0.15, 0.2) is 36.5 Å². The molecule has 0 atom stereocenters. The average molecular weight is 382 g/mol. The van der Waals surface area contributed by atoms with E-state index in [0.29, 0.717) is 42.9 Å². The molecule has 1 aliphatic heterocycles. The van der Waals surface area contributed by atoms with E-state index in [1.165, 1.54) is 12.1 Å². The van der Waals surface area contributed by atoms with Crippen molar-refractivity contribution in [3.63, 3.8) is 0 Å². The number of hydrogen-bond donors (Lipinski definition) is 1. The van der Waals surface area contributed by atoms with Crippen LogP contribution >= 0.6 is 0 Å². The van der Waals surface area contributed by atoms with Gasteiger partial charge in [0.05, 0.1) is 4.92 Å². The van der Waals surface area contributed by atoms with E-state index in [2.05, 4.69) is 10.3 Å². The zero-order valence-corrected chi connectivity index (χ0v) is 15.8. The second-order valence-electron chi connectivity index (χ2n) is 7.03. The van der Waals surface area contributed by atoms with Crippen LogP contribution < -0.4 is 5.32 Å². The molecule has 1 aromatic carbocycles. The number of carbonyl (C=O) groups excluding carboxylic acids is 2. The maximum Gasteiger partial charge on any atom is 0.272 e. The van der Waals surface area contributed by atoms with Crippen molar-refractivity contribution < 1.29 is 14.5 Å². The smallest absolute Gasteiger partial charge is 0.272 e. The van der Waals surface area contributed by atoms with E-state index < -0.39 is 4.92 Å². The van der Waals surface area contributed by atoms with E-state index in [1.807, 2.05) is 19.1 Å². The quantitative estimate of drug-likeness (QED) is 0.646. The molecule has 0 saturated carbocycles. The summed E-state index contributed by atoms with van der Waals surface area (Å²) >= 11 is 0. The van der Waals surface area contributed by atoms with Crippen LogP contribution in [0.25, 0.3) is 0 Å². The number of aromatic nitrogens is 1. The molecule has 3 rings (SSSR count). The second-order valence-corrected chi connectivity index (χ2v) is 7.03. The molecule has 1 aliphatic rings. The minimum Gasteiger partial charge on any atom is -0.339 e. The molecular formula is C20H22N4O4. The number of likely N-dealkylation sites (tertiary alicyclic amines) is 1. The van der Waals surface area contributed by atoms with Crippen molar-refractivity contribution in [3.8, 4) is 0 Å². The first kappa shape index (κ1) is 19.5. The van der Waals surface area contributed by atoms with Crippen LogP contribution in [0, 0.1) is 29.9 Å². The van der Waals surface area contributed by atoms with Crippen LogP contribution in [-0.4, -0.2) is 39.7 Å². The number of piperidine rings is 1. The van der Waals surface area contributed by atoms with Gasteiger partial charge < -0.3 is 10.2 Å². The fourth-order valence-electron chi connectivity index (χ4n) is 3.35. The monoisotopic (exact) mass is 382 g/mol. The molecule has 1 fully saturated rings. The SMILES string of the molecule is Cc1ccnc(NC(=O)C2CCN(C(=O)c3ccc([N+](=O)[O-])c(C)c3)CC2)c1. The first-order chi connectivity index (χ1) is 13.3. The summed E-state index contributed by atoms with van der Waals surface area (Å²) in [6.45, 7) is 4.48. The van der Waals surface area contributed by atoms with Gasteiger partial charge >= 0.3 is 0 Å².